The lowest BCUT2D eigenvalue weighted by Gasteiger charge is -1.88. The highest BCUT2D eigenvalue weighted by Crippen LogP contribution is 2.00. The summed E-state index contributed by atoms with van der Waals surface area (Å²) in [7, 11) is 1.65. The molecule has 0 heterocycles. The fourth-order valence-electron chi connectivity index (χ4n) is 0.581. The molecule has 3 nitrogen and oxygen atoms in total. The van der Waals surface area contributed by atoms with E-state index in [0.717, 1.165) is 0 Å². The number of rotatable bonds is 1. The van der Waals surface area contributed by atoms with Crippen LogP contribution in [-0.2, 0) is 0 Å². The Kier molecular flexibility index (Phi) is 6.37. The molecule has 1 rings (SSSR count). The van der Waals surface area contributed by atoms with E-state index in [-0.39, 0.29) is 5.12 Å². The van der Waals surface area contributed by atoms with E-state index in [9.17, 15) is 4.79 Å². The Morgan fingerprint density at radius 2 is 1.83 bits per heavy atom. The van der Waals surface area contributed by atoms with E-state index in [1.165, 1.54) is 0 Å². The molecule has 0 aliphatic heterocycles. The molecule has 0 spiro atoms. The molecule has 0 fully saturated rings. The molecule has 1 aromatic carbocycles. The second-order valence-electron chi connectivity index (χ2n) is 1.96. The van der Waals surface area contributed by atoms with Crippen LogP contribution in [0.5, 0.6) is 0 Å². The van der Waals surface area contributed by atoms with E-state index < -0.39 is 0 Å². The Morgan fingerprint density at radius 1 is 1.42 bits per heavy atom. The standard InChI is InChI=1S/C7H6OS.CH6N2/c8-7(9)6-4-2-1-3-5-6;1-3-2/h1-5H,(H,8,9);3H,2H2,1H3. The molecule has 0 atom stereocenters. The number of hydrogen-bond donors (Lipinski definition) is 3. The third-order valence-corrected chi connectivity index (χ3v) is 1.28. The summed E-state index contributed by atoms with van der Waals surface area (Å²) in [5, 5.41) is -0.185. The summed E-state index contributed by atoms with van der Waals surface area (Å²) >= 11 is 3.65. The number of nitrogens with one attached hydrogen (secondary N) is 1. The van der Waals surface area contributed by atoms with Crippen molar-refractivity contribution >= 4 is 17.7 Å². The van der Waals surface area contributed by atoms with Gasteiger partial charge in [-0.1, -0.05) is 30.3 Å². The Labute approximate surface area is 77.3 Å². The molecule has 0 aromatic heterocycles. The summed E-state index contributed by atoms with van der Waals surface area (Å²) in [4.78, 5) is 10.5. The number of hydrazine groups is 1. The number of carbonyl (C=O) groups excluding carboxylic acids is 1. The fourth-order valence-corrected chi connectivity index (χ4v) is 0.730. The summed E-state index contributed by atoms with van der Waals surface area (Å²) in [6.07, 6.45) is 0. The van der Waals surface area contributed by atoms with E-state index in [1.54, 1.807) is 19.2 Å². The monoisotopic (exact) mass is 184 g/mol. The Hall–Kier alpha value is -0.840. The summed E-state index contributed by atoms with van der Waals surface area (Å²) in [5.74, 6) is 4.60. The largest absolute Gasteiger partial charge is 0.282 e. The van der Waals surface area contributed by atoms with Crippen LogP contribution < -0.4 is 11.3 Å². The van der Waals surface area contributed by atoms with Crippen LogP contribution in [0.3, 0.4) is 0 Å². The lowest BCUT2D eigenvalue weighted by molar-refractivity contribution is 0.109. The van der Waals surface area contributed by atoms with Crippen LogP contribution in [0.15, 0.2) is 30.3 Å². The zero-order valence-electron chi connectivity index (χ0n) is 6.82. The van der Waals surface area contributed by atoms with Gasteiger partial charge in [-0.05, 0) is 7.05 Å². The summed E-state index contributed by atoms with van der Waals surface area (Å²) in [5.41, 5.74) is 2.89. The van der Waals surface area contributed by atoms with Crippen molar-refractivity contribution in [2.45, 2.75) is 0 Å². The summed E-state index contributed by atoms with van der Waals surface area (Å²) < 4.78 is 0. The third-order valence-electron chi connectivity index (χ3n) is 1.02. The number of thiol groups is 1. The number of benzene rings is 1. The first-order valence-corrected chi connectivity index (χ1v) is 3.82. The molecule has 12 heavy (non-hydrogen) atoms. The van der Waals surface area contributed by atoms with Crippen LogP contribution in [0.4, 0.5) is 0 Å². The molecule has 66 valence electrons. The molecule has 0 amide bonds. The zero-order chi connectivity index (χ0) is 9.40. The van der Waals surface area contributed by atoms with Crippen molar-refractivity contribution in [3.63, 3.8) is 0 Å². The minimum atomic E-state index is -0.185. The average molecular weight is 184 g/mol. The maximum absolute atomic E-state index is 10.5. The van der Waals surface area contributed by atoms with Gasteiger partial charge in [-0.3, -0.25) is 16.1 Å². The minimum Gasteiger partial charge on any atom is -0.282 e. The van der Waals surface area contributed by atoms with E-state index in [4.69, 9.17) is 0 Å². The first-order chi connectivity index (χ1) is 5.72. The van der Waals surface area contributed by atoms with Crippen LogP contribution in [0.1, 0.15) is 10.4 Å². The molecule has 1 aromatic rings. The van der Waals surface area contributed by atoms with Crippen LogP contribution >= 0.6 is 12.6 Å². The highest BCUT2D eigenvalue weighted by molar-refractivity contribution is 7.97. The second-order valence-corrected chi connectivity index (χ2v) is 2.37. The smallest absolute Gasteiger partial charge is 0.216 e. The van der Waals surface area contributed by atoms with Crippen LogP contribution in [0, 0.1) is 0 Å². The predicted octanol–water partition coefficient (Wildman–Crippen LogP) is 0.836. The van der Waals surface area contributed by atoms with Crippen molar-refractivity contribution in [2.24, 2.45) is 5.84 Å². The highest BCUT2D eigenvalue weighted by atomic mass is 32.1. The fraction of sp³-hybridized carbons (Fsp3) is 0.125. The molecule has 0 radical (unpaired) electrons. The number of nitrogens with two attached hydrogens (primary N) is 1. The first kappa shape index (κ1) is 11.2. The first-order valence-electron chi connectivity index (χ1n) is 3.38. The van der Waals surface area contributed by atoms with Crippen molar-refractivity contribution in [1.29, 1.82) is 0 Å². The van der Waals surface area contributed by atoms with Crippen LogP contribution in [-0.4, -0.2) is 12.2 Å². The van der Waals surface area contributed by atoms with Crippen LogP contribution in [0.25, 0.3) is 0 Å². The Bertz CT molecular complexity index is 226. The Balaban J connectivity index is 0.000000354. The van der Waals surface area contributed by atoms with Crippen molar-refractivity contribution in [3.05, 3.63) is 35.9 Å². The topological polar surface area (TPSA) is 55.1 Å². The maximum Gasteiger partial charge on any atom is 0.216 e. The quantitative estimate of drug-likeness (QED) is 0.344. The zero-order valence-corrected chi connectivity index (χ0v) is 7.71. The molecule has 0 saturated heterocycles. The lowest BCUT2D eigenvalue weighted by Crippen LogP contribution is -2.13. The summed E-state index contributed by atoms with van der Waals surface area (Å²) in [6, 6.07) is 8.94. The van der Waals surface area contributed by atoms with Crippen molar-refractivity contribution < 1.29 is 4.79 Å². The summed E-state index contributed by atoms with van der Waals surface area (Å²) in [6.45, 7) is 0. The van der Waals surface area contributed by atoms with Gasteiger partial charge in [0.1, 0.15) is 0 Å². The molecular formula is C8H12N2OS. The van der Waals surface area contributed by atoms with Gasteiger partial charge in [0.05, 0.1) is 0 Å². The van der Waals surface area contributed by atoms with E-state index >= 15 is 0 Å². The van der Waals surface area contributed by atoms with Gasteiger partial charge >= 0.3 is 0 Å². The molecule has 4 heteroatoms. The normalized spacial score (nSPS) is 8.25. The number of carbonyl (C=O) groups is 1. The molecule has 0 unspecified atom stereocenters. The predicted molar refractivity (Wildman–Crippen MR) is 53.0 cm³/mol. The molecule has 0 aliphatic carbocycles. The minimum absolute atomic E-state index is 0.185. The van der Waals surface area contributed by atoms with Crippen molar-refractivity contribution in [1.82, 2.24) is 5.43 Å². The van der Waals surface area contributed by atoms with E-state index in [0.29, 0.717) is 5.56 Å². The SMILES string of the molecule is CNN.O=C(S)c1ccccc1. The van der Waals surface area contributed by atoms with Gasteiger partial charge in [0.2, 0.25) is 5.12 Å². The molecular weight excluding hydrogens is 172 g/mol. The second kappa shape index (κ2) is 6.84. The lowest BCUT2D eigenvalue weighted by atomic mass is 10.2. The van der Waals surface area contributed by atoms with Crippen molar-refractivity contribution in [3.8, 4) is 0 Å². The molecule has 0 saturated carbocycles. The van der Waals surface area contributed by atoms with Gasteiger partial charge in [-0.2, -0.15) is 0 Å². The van der Waals surface area contributed by atoms with Gasteiger partial charge in [-0.25, -0.2) is 0 Å². The van der Waals surface area contributed by atoms with E-state index in [2.05, 4.69) is 23.9 Å². The highest BCUT2D eigenvalue weighted by Gasteiger charge is 1.94. The average Bonchev–Trinajstić information content (AvgIpc) is 2.07. The molecule has 3 N–H and O–H groups in total. The van der Waals surface area contributed by atoms with Crippen LogP contribution in [0.2, 0.25) is 0 Å². The molecule has 0 bridgehead atoms. The van der Waals surface area contributed by atoms with Gasteiger partial charge in [0.25, 0.3) is 0 Å². The van der Waals surface area contributed by atoms with Gasteiger partial charge in [0.15, 0.2) is 0 Å². The third kappa shape index (κ3) is 4.90. The van der Waals surface area contributed by atoms with E-state index in [1.807, 2.05) is 18.2 Å². The maximum atomic E-state index is 10.5. The van der Waals surface area contributed by atoms with Crippen molar-refractivity contribution in [2.75, 3.05) is 7.05 Å². The number of hydrogen-bond acceptors (Lipinski definition) is 3. The van der Waals surface area contributed by atoms with Gasteiger partial charge in [-0.15, -0.1) is 12.6 Å². The molecule has 0 aliphatic rings. The van der Waals surface area contributed by atoms with Gasteiger partial charge < -0.3 is 0 Å². The Morgan fingerprint density at radius 3 is 2.08 bits per heavy atom. The van der Waals surface area contributed by atoms with Gasteiger partial charge in [0, 0.05) is 5.56 Å².